The van der Waals surface area contributed by atoms with Crippen molar-refractivity contribution in [2.75, 3.05) is 38.6 Å². The predicted molar refractivity (Wildman–Crippen MR) is 148 cm³/mol. The van der Waals surface area contributed by atoms with Gasteiger partial charge in [0.15, 0.2) is 0 Å². The molecule has 0 bridgehead atoms. The molecule has 3 aromatic carbocycles. The standard InChI is InChI=1S/C29H31N5O2S/c1-36-25-14-12-23(13-15-25)27-28(37-32-31-27)29(35)34-19-18-33(20-22-8-3-2-4-9-22)17-7-16-30-26-11-6-5-10-24(26)21-34/h2-6,8-15,30H,7,16-21H2,1H3. The summed E-state index contributed by atoms with van der Waals surface area (Å²) >= 11 is 1.15. The molecule has 0 fully saturated rings. The van der Waals surface area contributed by atoms with E-state index >= 15 is 0 Å². The van der Waals surface area contributed by atoms with Crippen LogP contribution in [0.3, 0.4) is 0 Å². The van der Waals surface area contributed by atoms with Crippen molar-refractivity contribution in [3.05, 3.63) is 94.9 Å². The number of amides is 1. The van der Waals surface area contributed by atoms with Gasteiger partial charge in [-0.3, -0.25) is 9.69 Å². The van der Waals surface area contributed by atoms with Gasteiger partial charge in [-0.25, -0.2) is 0 Å². The fraction of sp³-hybridized carbons (Fsp3) is 0.276. The van der Waals surface area contributed by atoms with Crippen molar-refractivity contribution in [2.24, 2.45) is 0 Å². The molecule has 0 radical (unpaired) electrons. The lowest BCUT2D eigenvalue weighted by Gasteiger charge is -2.27. The zero-order chi connectivity index (χ0) is 25.5. The quantitative estimate of drug-likeness (QED) is 0.397. The molecule has 37 heavy (non-hydrogen) atoms. The summed E-state index contributed by atoms with van der Waals surface area (Å²) in [5.41, 5.74) is 4.92. The maximum atomic E-state index is 14.0. The summed E-state index contributed by atoms with van der Waals surface area (Å²) in [6.45, 7) is 4.60. The Balaban J connectivity index is 1.42. The number of hydrogen-bond donors (Lipinski definition) is 1. The van der Waals surface area contributed by atoms with Gasteiger partial charge in [0.1, 0.15) is 16.3 Å². The molecule has 0 spiro atoms. The zero-order valence-corrected chi connectivity index (χ0v) is 21.8. The van der Waals surface area contributed by atoms with Gasteiger partial charge in [-0.2, -0.15) is 0 Å². The zero-order valence-electron chi connectivity index (χ0n) is 21.0. The summed E-state index contributed by atoms with van der Waals surface area (Å²) in [6, 6.07) is 26.3. The minimum atomic E-state index is -0.0467. The van der Waals surface area contributed by atoms with Gasteiger partial charge in [0.25, 0.3) is 5.91 Å². The van der Waals surface area contributed by atoms with Crippen LogP contribution in [-0.4, -0.2) is 58.6 Å². The molecule has 5 rings (SSSR count). The van der Waals surface area contributed by atoms with E-state index in [4.69, 9.17) is 4.74 Å². The van der Waals surface area contributed by atoms with Crippen molar-refractivity contribution in [1.29, 1.82) is 0 Å². The molecule has 1 aliphatic heterocycles. The van der Waals surface area contributed by atoms with Crippen LogP contribution < -0.4 is 10.1 Å². The van der Waals surface area contributed by atoms with Gasteiger partial charge in [-0.15, -0.1) is 5.10 Å². The van der Waals surface area contributed by atoms with Gasteiger partial charge in [0, 0.05) is 50.5 Å². The molecule has 7 nitrogen and oxygen atoms in total. The SMILES string of the molecule is COc1ccc(-c2nnsc2C(=O)N2CCN(Cc3ccccc3)CCCNc3ccccc3C2)cc1. The van der Waals surface area contributed by atoms with Crippen LogP contribution in [0.25, 0.3) is 11.3 Å². The monoisotopic (exact) mass is 513 g/mol. The minimum absolute atomic E-state index is 0.0467. The average molecular weight is 514 g/mol. The lowest BCUT2D eigenvalue weighted by Crippen LogP contribution is -2.38. The number of carbonyl (C=O) groups is 1. The molecule has 1 amide bonds. The first-order valence-electron chi connectivity index (χ1n) is 12.6. The molecule has 1 aromatic heterocycles. The van der Waals surface area contributed by atoms with E-state index in [9.17, 15) is 4.79 Å². The second-order valence-electron chi connectivity index (χ2n) is 9.11. The van der Waals surface area contributed by atoms with Crippen LogP contribution in [0.1, 0.15) is 27.2 Å². The van der Waals surface area contributed by atoms with E-state index in [1.807, 2.05) is 47.4 Å². The first-order chi connectivity index (χ1) is 18.2. The summed E-state index contributed by atoms with van der Waals surface area (Å²) in [5, 5.41) is 7.91. The number of aromatic nitrogens is 2. The van der Waals surface area contributed by atoms with E-state index in [0.717, 1.165) is 66.7 Å². The Morgan fingerprint density at radius 2 is 1.76 bits per heavy atom. The number of hydrogen-bond acceptors (Lipinski definition) is 7. The van der Waals surface area contributed by atoms with Gasteiger partial charge >= 0.3 is 0 Å². The molecule has 0 saturated carbocycles. The van der Waals surface area contributed by atoms with Gasteiger partial charge in [0.05, 0.1) is 7.11 Å². The number of para-hydroxylation sites is 1. The topological polar surface area (TPSA) is 70.6 Å². The summed E-state index contributed by atoms with van der Waals surface area (Å²) in [4.78, 5) is 18.9. The molecular formula is C29H31N5O2S. The molecule has 0 aliphatic carbocycles. The molecule has 8 heteroatoms. The minimum Gasteiger partial charge on any atom is -0.497 e. The number of nitrogens with zero attached hydrogens (tertiary/aromatic N) is 4. The smallest absolute Gasteiger partial charge is 0.268 e. The predicted octanol–water partition coefficient (Wildman–Crippen LogP) is 5.17. The van der Waals surface area contributed by atoms with Crippen LogP contribution in [-0.2, 0) is 13.1 Å². The van der Waals surface area contributed by atoms with Crippen molar-refractivity contribution in [3.8, 4) is 17.0 Å². The third kappa shape index (κ3) is 6.15. The first-order valence-corrected chi connectivity index (χ1v) is 13.3. The van der Waals surface area contributed by atoms with Crippen molar-refractivity contribution in [3.63, 3.8) is 0 Å². The Bertz CT molecular complexity index is 1310. The summed E-state index contributed by atoms with van der Waals surface area (Å²) in [5.74, 6) is 0.712. The summed E-state index contributed by atoms with van der Waals surface area (Å²) in [6.07, 6.45) is 1.02. The van der Waals surface area contributed by atoms with E-state index < -0.39 is 0 Å². The molecule has 4 aromatic rings. The average Bonchev–Trinajstić information content (AvgIpc) is 3.42. The molecule has 0 saturated heterocycles. The van der Waals surface area contributed by atoms with Crippen molar-refractivity contribution >= 4 is 23.1 Å². The maximum absolute atomic E-state index is 14.0. The Hall–Kier alpha value is -3.75. The van der Waals surface area contributed by atoms with E-state index in [1.54, 1.807) is 7.11 Å². The summed E-state index contributed by atoms with van der Waals surface area (Å²) < 4.78 is 9.44. The number of anilines is 1. The fourth-order valence-corrected chi connectivity index (χ4v) is 5.26. The van der Waals surface area contributed by atoms with E-state index in [-0.39, 0.29) is 5.91 Å². The van der Waals surface area contributed by atoms with Crippen LogP contribution in [0, 0.1) is 0 Å². The number of rotatable bonds is 5. The Morgan fingerprint density at radius 3 is 2.57 bits per heavy atom. The molecule has 2 heterocycles. The number of carbonyl (C=O) groups excluding carboxylic acids is 1. The number of fused-ring (bicyclic) bond motifs is 1. The second-order valence-corrected chi connectivity index (χ2v) is 9.86. The summed E-state index contributed by atoms with van der Waals surface area (Å²) in [7, 11) is 1.64. The highest BCUT2D eigenvalue weighted by molar-refractivity contribution is 7.08. The number of benzene rings is 3. The normalized spacial score (nSPS) is 14.8. The van der Waals surface area contributed by atoms with Crippen LogP contribution in [0.5, 0.6) is 5.75 Å². The van der Waals surface area contributed by atoms with Crippen molar-refractivity contribution < 1.29 is 9.53 Å². The van der Waals surface area contributed by atoms with Gasteiger partial charge in [-0.05, 0) is 59.4 Å². The Kier molecular flexibility index (Phi) is 8.08. The molecule has 1 N–H and O–H groups in total. The molecule has 0 unspecified atom stereocenters. The molecule has 0 atom stereocenters. The van der Waals surface area contributed by atoms with Gasteiger partial charge < -0.3 is 15.0 Å². The highest BCUT2D eigenvalue weighted by atomic mass is 32.1. The third-order valence-electron chi connectivity index (χ3n) is 6.61. The van der Waals surface area contributed by atoms with E-state index in [0.29, 0.717) is 23.7 Å². The maximum Gasteiger partial charge on any atom is 0.268 e. The highest BCUT2D eigenvalue weighted by Gasteiger charge is 2.25. The lowest BCUT2D eigenvalue weighted by molar-refractivity contribution is 0.0725. The first kappa shape index (κ1) is 24.9. The van der Waals surface area contributed by atoms with Crippen molar-refractivity contribution in [2.45, 2.75) is 19.5 Å². The van der Waals surface area contributed by atoms with Gasteiger partial charge in [-0.1, -0.05) is 53.0 Å². The molecular weight excluding hydrogens is 482 g/mol. The van der Waals surface area contributed by atoms with Crippen LogP contribution in [0.4, 0.5) is 5.69 Å². The second kappa shape index (κ2) is 12.0. The third-order valence-corrected chi connectivity index (χ3v) is 7.33. The molecule has 190 valence electrons. The van der Waals surface area contributed by atoms with Crippen LogP contribution >= 0.6 is 11.5 Å². The number of methoxy groups -OCH3 is 1. The van der Waals surface area contributed by atoms with E-state index in [1.165, 1.54) is 5.56 Å². The van der Waals surface area contributed by atoms with Crippen molar-refractivity contribution in [1.82, 2.24) is 19.4 Å². The largest absolute Gasteiger partial charge is 0.497 e. The number of nitrogens with one attached hydrogen (secondary N) is 1. The fourth-order valence-electron chi connectivity index (χ4n) is 4.60. The van der Waals surface area contributed by atoms with Crippen LogP contribution in [0.15, 0.2) is 78.9 Å². The lowest BCUT2D eigenvalue weighted by atomic mass is 10.1. The Labute approximate surface area is 221 Å². The number of ether oxygens (including phenoxy) is 1. The molecule has 1 aliphatic rings. The Morgan fingerprint density at radius 1 is 0.973 bits per heavy atom. The van der Waals surface area contributed by atoms with Gasteiger partial charge in [0.2, 0.25) is 0 Å². The van der Waals surface area contributed by atoms with E-state index in [2.05, 4.69) is 56.2 Å². The van der Waals surface area contributed by atoms with Crippen LogP contribution in [0.2, 0.25) is 0 Å². The highest BCUT2D eigenvalue weighted by Crippen LogP contribution is 2.28.